The van der Waals surface area contributed by atoms with Gasteiger partial charge in [0.05, 0.1) is 0 Å². The largest absolute Gasteiger partial charge is 0.508 e. The van der Waals surface area contributed by atoms with Crippen LogP contribution in [-0.2, 0) is 11.2 Å². The Kier molecular flexibility index (Phi) is 5.91. The van der Waals surface area contributed by atoms with Crippen LogP contribution in [0.3, 0.4) is 0 Å². The van der Waals surface area contributed by atoms with E-state index < -0.39 is 0 Å². The average molecular weight is 335 g/mol. The van der Waals surface area contributed by atoms with Crippen LogP contribution >= 0.6 is 11.6 Å². The molecule has 23 heavy (non-hydrogen) atoms. The molecule has 4 heteroatoms. The van der Waals surface area contributed by atoms with Gasteiger partial charge in [0.1, 0.15) is 11.5 Å². The Bertz CT molecular complexity index is 657. The molecule has 0 amide bonds. The molecule has 2 rings (SSSR count). The van der Waals surface area contributed by atoms with Crippen LogP contribution in [0.4, 0.5) is 0 Å². The standard InChI is InChI=1S/C19H23ClO3/c1-12(2)16-8-14(5-6-19(16)23-11-22-4)9-17-13(3)7-15(21)10-18(17)20/h5-8,10,12,21H,9,11H2,1-4H3. The van der Waals surface area contributed by atoms with Crippen molar-refractivity contribution in [2.24, 2.45) is 0 Å². The summed E-state index contributed by atoms with van der Waals surface area (Å²) in [5.74, 6) is 1.39. The Hall–Kier alpha value is -1.71. The van der Waals surface area contributed by atoms with Crippen molar-refractivity contribution in [1.29, 1.82) is 0 Å². The number of aromatic hydroxyl groups is 1. The molecule has 0 atom stereocenters. The molecule has 0 aliphatic rings. The number of hydrogen-bond acceptors (Lipinski definition) is 3. The molecule has 3 nitrogen and oxygen atoms in total. The quantitative estimate of drug-likeness (QED) is 0.751. The van der Waals surface area contributed by atoms with E-state index in [0.29, 0.717) is 10.9 Å². The molecule has 0 saturated carbocycles. The number of benzene rings is 2. The monoisotopic (exact) mass is 334 g/mol. The average Bonchev–Trinajstić information content (AvgIpc) is 2.49. The van der Waals surface area contributed by atoms with Crippen molar-refractivity contribution in [3.05, 3.63) is 57.6 Å². The number of phenolic OH excluding ortho intramolecular Hbond substituents is 1. The van der Waals surface area contributed by atoms with Crippen LogP contribution in [0, 0.1) is 6.92 Å². The maximum atomic E-state index is 9.61. The van der Waals surface area contributed by atoms with Gasteiger partial charge in [-0.15, -0.1) is 0 Å². The Morgan fingerprint density at radius 3 is 2.52 bits per heavy atom. The van der Waals surface area contributed by atoms with E-state index in [2.05, 4.69) is 19.9 Å². The molecule has 0 unspecified atom stereocenters. The van der Waals surface area contributed by atoms with E-state index in [4.69, 9.17) is 21.1 Å². The van der Waals surface area contributed by atoms with Crippen molar-refractivity contribution in [1.82, 2.24) is 0 Å². The molecular formula is C19H23ClO3. The molecule has 0 fully saturated rings. The van der Waals surface area contributed by atoms with Gasteiger partial charge in [-0.05, 0) is 59.7 Å². The maximum Gasteiger partial charge on any atom is 0.188 e. The number of ether oxygens (including phenoxy) is 2. The molecule has 0 aliphatic carbocycles. The highest BCUT2D eigenvalue weighted by Gasteiger charge is 2.12. The summed E-state index contributed by atoms with van der Waals surface area (Å²) in [5.41, 5.74) is 4.33. The van der Waals surface area contributed by atoms with Crippen molar-refractivity contribution in [3.8, 4) is 11.5 Å². The first-order valence-electron chi connectivity index (χ1n) is 7.65. The lowest BCUT2D eigenvalue weighted by Crippen LogP contribution is -2.04. The molecule has 0 aromatic heterocycles. The first-order valence-corrected chi connectivity index (χ1v) is 8.02. The van der Waals surface area contributed by atoms with E-state index in [1.165, 1.54) is 0 Å². The Labute approximate surface area is 142 Å². The third-order valence-electron chi connectivity index (χ3n) is 3.81. The number of rotatable bonds is 6. The number of methoxy groups -OCH3 is 1. The van der Waals surface area contributed by atoms with Gasteiger partial charge in [-0.2, -0.15) is 0 Å². The summed E-state index contributed by atoms with van der Waals surface area (Å²) in [6, 6.07) is 9.50. The minimum absolute atomic E-state index is 0.197. The minimum atomic E-state index is 0.197. The van der Waals surface area contributed by atoms with Crippen molar-refractivity contribution in [3.63, 3.8) is 0 Å². The van der Waals surface area contributed by atoms with E-state index in [1.54, 1.807) is 19.2 Å². The first kappa shape index (κ1) is 17.6. The van der Waals surface area contributed by atoms with Gasteiger partial charge in [0.25, 0.3) is 0 Å². The molecule has 1 N–H and O–H groups in total. The number of aryl methyl sites for hydroxylation is 1. The number of phenols is 1. The zero-order valence-corrected chi connectivity index (χ0v) is 14.8. The summed E-state index contributed by atoms with van der Waals surface area (Å²) >= 11 is 6.29. The highest BCUT2D eigenvalue weighted by atomic mass is 35.5. The van der Waals surface area contributed by atoms with Gasteiger partial charge >= 0.3 is 0 Å². The van der Waals surface area contributed by atoms with Crippen molar-refractivity contribution in [2.45, 2.75) is 33.1 Å². The summed E-state index contributed by atoms with van der Waals surface area (Å²) in [6.45, 7) is 6.47. The fourth-order valence-corrected chi connectivity index (χ4v) is 2.92. The highest BCUT2D eigenvalue weighted by molar-refractivity contribution is 6.31. The van der Waals surface area contributed by atoms with Crippen LogP contribution in [-0.4, -0.2) is 19.0 Å². The van der Waals surface area contributed by atoms with Crippen LogP contribution in [0.25, 0.3) is 0 Å². The molecule has 124 valence electrons. The zero-order chi connectivity index (χ0) is 17.0. The summed E-state index contributed by atoms with van der Waals surface area (Å²) < 4.78 is 10.6. The predicted octanol–water partition coefficient (Wildman–Crippen LogP) is 5.05. The third-order valence-corrected chi connectivity index (χ3v) is 4.15. The topological polar surface area (TPSA) is 38.7 Å². The summed E-state index contributed by atoms with van der Waals surface area (Å²) in [7, 11) is 1.61. The normalized spacial score (nSPS) is 11.0. The van der Waals surface area contributed by atoms with Gasteiger partial charge in [0, 0.05) is 12.1 Å². The molecule has 0 saturated heterocycles. The van der Waals surface area contributed by atoms with Gasteiger partial charge in [0.15, 0.2) is 6.79 Å². The van der Waals surface area contributed by atoms with Crippen LogP contribution in [0.2, 0.25) is 5.02 Å². The molecule has 0 radical (unpaired) electrons. The van der Waals surface area contributed by atoms with E-state index in [9.17, 15) is 5.11 Å². The van der Waals surface area contributed by atoms with E-state index in [-0.39, 0.29) is 12.5 Å². The maximum absolute atomic E-state index is 9.61. The zero-order valence-electron chi connectivity index (χ0n) is 14.0. The highest BCUT2D eigenvalue weighted by Crippen LogP contribution is 2.31. The molecule has 2 aromatic rings. The molecule has 0 bridgehead atoms. The smallest absolute Gasteiger partial charge is 0.188 e. The van der Waals surface area contributed by atoms with Crippen LogP contribution in [0.1, 0.15) is 42.0 Å². The molecule has 2 aromatic carbocycles. The van der Waals surface area contributed by atoms with Crippen LogP contribution in [0.15, 0.2) is 30.3 Å². The number of hydrogen-bond donors (Lipinski definition) is 1. The second-order valence-corrected chi connectivity index (χ2v) is 6.38. The van der Waals surface area contributed by atoms with Gasteiger partial charge in [-0.25, -0.2) is 0 Å². The summed E-state index contributed by atoms with van der Waals surface area (Å²) in [5, 5.41) is 10.2. The SMILES string of the molecule is COCOc1ccc(Cc2c(C)cc(O)cc2Cl)cc1C(C)C. The lowest BCUT2D eigenvalue weighted by molar-refractivity contribution is 0.0502. The van der Waals surface area contributed by atoms with Crippen LogP contribution in [0.5, 0.6) is 11.5 Å². The van der Waals surface area contributed by atoms with Crippen molar-refractivity contribution < 1.29 is 14.6 Å². The lowest BCUT2D eigenvalue weighted by Gasteiger charge is -2.16. The second kappa shape index (κ2) is 7.71. The fraction of sp³-hybridized carbons (Fsp3) is 0.368. The van der Waals surface area contributed by atoms with E-state index >= 15 is 0 Å². The summed E-state index contributed by atoms with van der Waals surface area (Å²) in [4.78, 5) is 0. The van der Waals surface area contributed by atoms with Gasteiger partial charge in [-0.3, -0.25) is 0 Å². The first-order chi connectivity index (χ1) is 10.9. The second-order valence-electron chi connectivity index (χ2n) is 5.98. The Balaban J connectivity index is 2.32. The van der Waals surface area contributed by atoms with Crippen LogP contribution < -0.4 is 4.74 Å². The Morgan fingerprint density at radius 2 is 1.91 bits per heavy atom. The Morgan fingerprint density at radius 1 is 1.17 bits per heavy atom. The summed E-state index contributed by atoms with van der Waals surface area (Å²) in [6.07, 6.45) is 0.717. The molecular weight excluding hydrogens is 312 g/mol. The third kappa shape index (κ3) is 4.40. The minimum Gasteiger partial charge on any atom is -0.508 e. The van der Waals surface area contributed by atoms with Crippen molar-refractivity contribution in [2.75, 3.05) is 13.9 Å². The van der Waals surface area contributed by atoms with Crippen molar-refractivity contribution >= 4 is 11.6 Å². The predicted molar refractivity (Wildman–Crippen MR) is 93.7 cm³/mol. The molecule has 0 heterocycles. The van der Waals surface area contributed by atoms with Gasteiger partial charge in [-0.1, -0.05) is 37.6 Å². The van der Waals surface area contributed by atoms with E-state index in [1.807, 2.05) is 19.1 Å². The molecule has 0 aliphatic heterocycles. The lowest BCUT2D eigenvalue weighted by atomic mass is 9.95. The van der Waals surface area contributed by atoms with E-state index in [0.717, 1.165) is 34.4 Å². The molecule has 0 spiro atoms. The fourth-order valence-electron chi connectivity index (χ4n) is 2.60. The van der Waals surface area contributed by atoms with Gasteiger partial charge < -0.3 is 14.6 Å². The van der Waals surface area contributed by atoms with Gasteiger partial charge in [0.2, 0.25) is 0 Å². The number of halogens is 1.